The van der Waals surface area contributed by atoms with Gasteiger partial charge in [-0.3, -0.25) is 0 Å². The molecule has 0 N–H and O–H groups in total. The van der Waals surface area contributed by atoms with Crippen LogP contribution >= 0.6 is 0 Å². The summed E-state index contributed by atoms with van der Waals surface area (Å²) in [6.45, 7) is 4.60. The first-order valence-electron chi connectivity index (χ1n) is 9.96. The summed E-state index contributed by atoms with van der Waals surface area (Å²) in [6, 6.07) is 21.7. The Hall–Kier alpha value is -2.03. The van der Waals surface area contributed by atoms with Crippen molar-refractivity contribution < 1.29 is 60.9 Å². The maximum Gasteiger partial charge on any atom is 0.519 e. The fourth-order valence-electron chi connectivity index (χ4n) is 2.28. The van der Waals surface area contributed by atoms with Gasteiger partial charge in [0, 0.05) is 9.90 Å². The summed E-state index contributed by atoms with van der Waals surface area (Å²) in [4.78, 5) is 2.90. The van der Waals surface area contributed by atoms with Crippen LogP contribution in [0, 0.1) is 5.92 Å². The molecule has 0 fully saturated rings. The monoisotopic (exact) mass is 654 g/mol. The number of hydrogen-bond donors (Lipinski definition) is 0. The number of hydrogen-bond acceptors (Lipinski definition) is 5. The van der Waals surface area contributed by atoms with Crippen LogP contribution in [0.3, 0.4) is 0 Å². The molecule has 0 spiro atoms. The van der Waals surface area contributed by atoms with E-state index in [1.165, 1.54) is 15.5 Å². The van der Waals surface area contributed by atoms with E-state index < -0.39 is 46.5 Å². The molecular formula is C19H19F9N2O5S4. The van der Waals surface area contributed by atoms with Gasteiger partial charge in [-0.25, -0.2) is 0 Å². The fourth-order valence-corrected chi connectivity index (χ4v) is 8.41. The lowest BCUT2D eigenvalue weighted by atomic mass is 10.3. The molecule has 20 heteroatoms. The maximum atomic E-state index is 12.2. The van der Waals surface area contributed by atoms with E-state index in [2.05, 4.69) is 74.5 Å². The zero-order valence-corrected chi connectivity index (χ0v) is 22.8. The molecule has 0 saturated carbocycles. The zero-order chi connectivity index (χ0) is 30.5. The fraction of sp³-hybridized carbons (Fsp3) is 0.368. The summed E-state index contributed by atoms with van der Waals surface area (Å²) in [7, 11) is -21.6. The second-order valence-electron chi connectivity index (χ2n) is 7.51. The number of alkyl halides is 9. The number of sulfonamides is 2. The SMILES string of the molecule is CC(C)C[S+](c1ccccc1)c1ccccc1.O=S(=O)(N=S([O-])(=NS(=O)(=O)C(F)(F)F)C(F)(F)F)C(F)(F)F. The summed E-state index contributed by atoms with van der Waals surface area (Å²) >= 11 is 0. The Kier molecular flexibility index (Phi) is 11.4. The largest absolute Gasteiger partial charge is 0.772 e. The van der Waals surface area contributed by atoms with Gasteiger partial charge in [0.05, 0.1) is 10.9 Å². The molecule has 0 atom stereocenters. The minimum Gasteiger partial charge on any atom is -0.772 e. The lowest BCUT2D eigenvalue weighted by Crippen LogP contribution is -2.31. The Balaban J connectivity index is 0.000000400. The molecule has 2 aromatic carbocycles. The molecule has 0 aliphatic rings. The molecule has 0 saturated heterocycles. The van der Waals surface area contributed by atoms with Crippen molar-refractivity contribution in [3.8, 4) is 0 Å². The third kappa shape index (κ3) is 9.83. The standard InChI is InChI=1S/C16H19S.C3F9N2O5S3/c1-14(2)13-17(15-9-5-3-6-10-15)16-11-7-4-8-12-16;4-1(5,6)20(15,13-21(16,17)2(7,8)9)14-22(18,19)3(10,11)12/h3-12,14H,13H2,1-2H3;/q+1;-1. The van der Waals surface area contributed by atoms with Crippen LogP contribution in [-0.2, 0) is 40.8 Å². The summed E-state index contributed by atoms with van der Waals surface area (Å²) in [5.41, 5.74) is -19.9. The van der Waals surface area contributed by atoms with Gasteiger partial charge in [-0.1, -0.05) is 50.2 Å². The first-order valence-corrected chi connectivity index (χ1v) is 15.7. The molecule has 0 unspecified atom stereocenters. The summed E-state index contributed by atoms with van der Waals surface area (Å²) in [5, 5.41) is 0. The van der Waals surface area contributed by atoms with E-state index in [9.17, 15) is 60.9 Å². The second-order valence-corrected chi connectivity index (χ2v) is 15.0. The number of nitrogens with zero attached hydrogens (tertiary/aromatic N) is 2. The average Bonchev–Trinajstić information content (AvgIpc) is 2.76. The number of halogens is 9. The lowest BCUT2D eigenvalue weighted by Gasteiger charge is -2.23. The van der Waals surface area contributed by atoms with Crippen molar-refractivity contribution in [1.82, 2.24) is 0 Å². The van der Waals surface area contributed by atoms with Crippen LogP contribution in [0.4, 0.5) is 39.5 Å². The molecule has 2 rings (SSSR count). The van der Waals surface area contributed by atoms with Crippen LogP contribution in [0.1, 0.15) is 13.8 Å². The molecule has 0 amide bonds. The van der Waals surface area contributed by atoms with Gasteiger partial charge in [0.2, 0.25) is 0 Å². The summed E-state index contributed by atoms with van der Waals surface area (Å²) < 4.78 is 161. The second kappa shape index (κ2) is 12.6. The highest BCUT2D eigenvalue weighted by atomic mass is 32.3. The highest BCUT2D eigenvalue weighted by molar-refractivity contribution is 8.07. The first-order chi connectivity index (χ1) is 17.4. The molecular weight excluding hydrogens is 635 g/mol. The van der Waals surface area contributed by atoms with Gasteiger partial charge in [0.1, 0.15) is 5.75 Å². The molecule has 0 radical (unpaired) electrons. The van der Waals surface area contributed by atoms with Crippen LogP contribution in [-0.4, -0.2) is 43.7 Å². The van der Waals surface area contributed by atoms with Crippen LogP contribution in [0.15, 0.2) is 78.0 Å². The van der Waals surface area contributed by atoms with Crippen molar-refractivity contribution in [1.29, 1.82) is 0 Å². The van der Waals surface area contributed by atoms with Crippen molar-refractivity contribution >= 4 is 40.8 Å². The molecule has 2 aromatic rings. The van der Waals surface area contributed by atoms with Crippen molar-refractivity contribution in [3.63, 3.8) is 0 Å². The van der Waals surface area contributed by atoms with Crippen LogP contribution in [0.5, 0.6) is 0 Å². The summed E-state index contributed by atoms with van der Waals surface area (Å²) in [6.07, 6.45) is 0. The van der Waals surface area contributed by atoms with Gasteiger partial charge in [-0.2, -0.15) is 56.3 Å². The van der Waals surface area contributed by atoms with Crippen molar-refractivity contribution in [2.75, 3.05) is 5.75 Å². The zero-order valence-electron chi connectivity index (χ0n) is 19.5. The normalized spacial score (nSPS) is 13.6. The van der Waals surface area contributed by atoms with Crippen molar-refractivity contribution in [2.24, 2.45) is 13.5 Å². The van der Waals surface area contributed by atoms with E-state index >= 15 is 0 Å². The van der Waals surface area contributed by atoms with Gasteiger partial charge in [-0.05, 0) is 30.2 Å². The van der Waals surface area contributed by atoms with Crippen molar-refractivity contribution in [3.05, 3.63) is 60.7 Å². The molecule has 7 nitrogen and oxygen atoms in total. The quantitative estimate of drug-likeness (QED) is 0.270. The van der Waals surface area contributed by atoms with E-state index in [1.54, 1.807) is 0 Å². The van der Waals surface area contributed by atoms with E-state index in [-0.39, 0.29) is 10.9 Å². The molecule has 0 aliphatic carbocycles. The van der Waals surface area contributed by atoms with Gasteiger partial charge < -0.3 is 4.55 Å². The van der Waals surface area contributed by atoms with Gasteiger partial charge in [0.25, 0.3) is 0 Å². The summed E-state index contributed by atoms with van der Waals surface area (Å²) in [5.74, 6) is 1.95. The Morgan fingerprint density at radius 1 is 0.667 bits per heavy atom. The number of benzene rings is 2. The van der Waals surface area contributed by atoms with Crippen molar-refractivity contribution in [2.45, 2.75) is 40.2 Å². The molecule has 39 heavy (non-hydrogen) atoms. The van der Waals surface area contributed by atoms with Crippen LogP contribution < -0.4 is 0 Å². The molecule has 0 aromatic heterocycles. The maximum absolute atomic E-state index is 12.2. The Morgan fingerprint density at radius 2 is 0.974 bits per heavy atom. The van der Waals surface area contributed by atoms with Gasteiger partial charge in [0.15, 0.2) is 9.79 Å². The lowest BCUT2D eigenvalue weighted by molar-refractivity contribution is -0.0460. The molecule has 0 aliphatic heterocycles. The van der Waals surface area contributed by atoms with E-state index in [0.717, 1.165) is 5.92 Å². The Morgan fingerprint density at radius 3 is 1.21 bits per heavy atom. The highest BCUT2D eigenvalue weighted by Gasteiger charge is 2.51. The highest BCUT2D eigenvalue weighted by Crippen LogP contribution is 2.35. The number of rotatable bonds is 6. The van der Waals surface area contributed by atoms with Gasteiger partial charge in [-0.15, -0.1) is 7.54 Å². The predicted molar refractivity (Wildman–Crippen MR) is 125 cm³/mol. The Bertz CT molecular complexity index is 1340. The topological polar surface area (TPSA) is 116 Å². The first kappa shape index (κ1) is 35.0. The third-order valence-corrected chi connectivity index (χ3v) is 11.5. The van der Waals surface area contributed by atoms with Crippen LogP contribution in [0.2, 0.25) is 0 Å². The van der Waals surface area contributed by atoms with E-state index in [0.29, 0.717) is 7.54 Å². The van der Waals surface area contributed by atoms with E-state index in [1.807, 2.05) is 0 Å². The van der Waals surface area contributed by atoms with Crippen LogP contribution in [0.25, 0.3) is 0 Å². The molecule has 0 heterocycles. The molecule has 0 bridgehead atoms. The van der Waals surface area contributed by atoms with E-state index in [4.69, 9.17) is 0 Å². The minimum absolute atomic E-state index is 0.219. The third-order valence-electron chi connectivity index (χ3n) is 3.84. The molecule has 222 valence electrons. The minimum atomic E-state index is -7.35. The Labute approximate surface area is 221 Å². The smallest absolute Gasteiger partial charge is 0.519 e. The average molecular weight is 655 g/mol. The van der Waals surface area contributed by atoms with Gasteiger partial charge >= 0.3 is 36.6 Å². The predicted octanol–water partition coefficient (Wildman–Crippen LogP) is 6.24.